The third kappa shape index (κ3) is 1.74. The summed E-state index contributed by atoms with van der Waals surface area (Å²) in [5.41, 5.74) is 6.34. The van der Waals surface area contributed by atoms with Gasteiger partial charge >= 0.3 is 0 Å². The number of allylic oxidation sites excluding steroid dienone is 2. The second kappa shape index (κ2) is 4.01. The van der Waals surface area contributed by atoms with Gasteiger partial charge < -0.3 is 0 Å². The molecule has 2 fully saturated rings. The van der Waals surface area contributed by atoms with E-state index in [9.17, 15) is 0 Å². The fourth-order valence-corrected chi connectivity index (χ4v) is 4.09. The molecule has 0 amide bonds. The van der Waals surface area contributed by atoms with E-state index in [0.717, 1.165) is 17.8 Å². The van der Waals surface area contributed by atoms with Crippen LogP contribution in [0.1, 0.15) is 50.2 Å². The van der Waals surface area contributed by atoms with Crippen molar-refractivity contribution in [1.82, 2.24) is 0 Å². The third-order valence-corrected chi connectivity index (χ3v) is 4.77. The lowest BCUT2D eigenvalue weighted by molar-refractivity contribution is 0.421. The van der Waals surface area contributed by atoms with Gasteiger partial charge in [0.15, 0.2) is 0 Å². The third-order valence-electron chi connectivity index (χ3n) is 4.77. The molecule has 2 saturated carbocycles. The monoisotopic (exact) mass is 226 g/mol. The highest BCUT2D eigenvalue weighted by atomic mass is 14.5. The quantitative estimate of drug-likeness (QED) is 0.601. The van der Waals surface area contributed by atoms with Gasteiger partial charge in [0, 0.05) is 0 Å². The van der Waals surface area contributed by atoms with E-state index in [0.29, 0.717) is 0 Å². The minimum Gasteiger partial charge on any atom is -0.0766 e. The van der Waals surface area contributed by atoms with E-state index < -0.39 is 0 Å². The van der Waals surface area contributed by atoms with Gasteiger partial charge in [-0.1, -0.05) is 41.0 Å². The average molecular weight is 226 g/mol. The molecule has 0 heterocycles. The highest BCUT2D eigenvalue weighted by molar-refractivity contribution is 5.35. The Hall–Kier alpha value is -1.04. The first-order valence-electron chi connectivity index (χ1n) is 6.90. The van der Waals surface area contributed by atoms with E-state index in [-0.39, 0.29) is 0 Å². The molecule has 3 atom stereocenters. The number of hydrogen-bond donors (Lipinski definition) is 0. The van der Waals surface area contributed by atoms with Crippen molar-refractivity contribution in [3.8, 4) is 0 Å². The first kappa shape index (κ1) is 11.1. The maximum atomic E-state index is 2.35. The van der Waals surface area contributed by atoms with Gasteiger partial charge in [0.05, 0.1) is 0 Å². The van der Waals surface area contributed by atoms with Crippen molar-refractivity contribution in [2.45, 2.75) is 46.0 Å². The molecule has 3 rings (SSSR count). The van der Waals surface area contributed by atoms with Crippen LogP contribution in [0.15, 0.2) is 35.4 Å². The van der Waals surface area contributed by atoms with E-state index in [1.807, 2.05) is 0 Å². The fourth-order valence-electron chi connectivity index (χ4n) is 4.09. The van der Waals surface area contributed by atoms with E-state index in [1.165, 1.54) is 24.8 Å². The summed E-state index contributed by atoms with van der Waals surface area (Å²) in [7, 11) is 0. The predicted molar refractivity (Wildman–Crippen MR) is 73.1 cm³/mol. The summed E-state index contributed by atoms with van der Waals surface area (Å²) in [6, 6.07) is 9.24. The summed E-state index contributed by atoms with van der Waals surface area (Å²) in [5.74, 6) is 2.56. The second-order valence-corrected chi connectivity index (χ2v) is 6.09. The van der Waals surface area contributed by atoms with Gasteiger partial charge in [-0.25, -0.2) is 0 Å². The zero-order valence-electron chi connectivity index (χ0n) is 11.2. The largest absolute Gasteiger partial charge is 0.0766 e. The van der Waals surface area contributed by atoms with Crippen LogP contribution in [0, 0.1) is 18.8 Å². The summed E-state index contributed by atoms with van der Waals surface area (Å²) >= 11 is 0. The first-order valence-corrected chi connectivity index (χ1v) is 6.90. The molecule has 1 aromatic rings. The van der Waals surface area contributed by atoms with Crippen molar-refractivity contribution in [1.29, 1.82) is 0 Å². The van der Waals surface area contributed by atoms with E-state index >= 15 is 0 Å². The molecule has 17 heavy (non-hydrogen) atoms. The van der Waals surface area contributed by atoms with Crippen molar-refractivity contribution >= 4 is 0 Å². The summed E-state index contributed by atoms with van der Waals surface area (Å²) in [6.45, 7) is 6.78. The molecular formula is C17H22. The van der Waals surface area contributed by atoms with Gasteiger partial charge in [-0.05, 0) is 63.4 Å². The van der Waals surface area contributed by atoms with Gasteiger partial charge in [0.1, 0.15) is 0 Å². The number of aryl methyl sites for hydroxylation is 1. The molecule has 2 aliphatic rings. The van der Waals surface area contributed by atoms with Crippen LogP contribution in [0.5, 0.6) is 0 Å². The molecule has 0 radical (unpaired) electrons. The molecule has 0 nitrogen and oxygen atoms in total. The Labute approximate surface area is 105 Å². The smallest absolute Gasteiger partial charge is 0.00904 e. The highest BCUT2D eigenvalue weighted by Gasteiger charge is 2.44. The Morgan fingerprint density at radius 1 is 1.00 bits per heavy atom. The zero-order valence-corrected chi connectivity index (χ0v) is 11.2. The van der Waals surface area contributed by atoms with E-state index in [2.05, 4.69) is 45.0 Å². The molecule has 1 aromatic carbocycles. The Morgan fingerprint density at radius 3 is 2.29 bits per heavy atom. The normalized spacial score (nSPS) is 31.0. The van der Waals surface area contributed by atoms with Gasteiger partial charge in [-0.15, -0.1) is 0 Å². The van der Waals surface area contributed by atoms with Crippen LogP contribution in [0.25, 0.3) is 0 Å². The lowest BCUT2D eigenvalue weighted by atomic mass is 9.83. The Balaban J connectivity index is 1.93. The summed E-state index contributed by atoms with van der Waals surface area (Å²) in [4.78, 5) is 0. The van der Waals surface area contributed by atoms with Crippen LogP contribution in [0.3, 0.4) is 0 Å². The maximum absolute atomic E-state index is 2.35. The van der Waals surface area contributed by atoms with Gasteiger partial charge in [-0.2, -0.15) is 0 Å². The molecular weight excluding hydrogens is 204 g/mol. The lowest BCUT2D eigenvalue weighted by Gasteiger charge is -2.21. The Kier molecular flexibility index (Phi) is 2.61. The van der Waals surface area contributed by atoms with Crippen LogP contribution in [-0.4, -0.2) is 0 Å². The Bertz CT molecular complexity index is 445. The van der Waals surface area contributed by atoms with Crippen molar-refractivity contribution in [2.75, 3.05) is 0 Å². The highest BCUT2D eigenvalue weighted by Crippen LogP contribution is 2.57. The van der Waals surface area contributed by atoms with Crippen LogP contribution in [0.4, 0.5) is 0 Å². The van der Waals surface area contributed by atoms with Crippen molar-refractivity contribution in [3.63, 3.8) is 0 Å². The fraction of sp³-hybridized carbons (Fsp3) is 0.529. The van der Waals surface area contributed by atoms with Gasteiger partial charge in [0.2, 0.25) is 0 Å². The lowest BCUT2D eigenvalue weighted by Crippen LogP contribution is -2.08. The van der Waals surface area contributed by atoms with Gasteiger partial charge in [-0.3, -0.25) is 0 Å². The van der Waals surface area contributed by atoms with E-state index in [1.54, 1.807) is 16.7 Å². The molecule has 0 aromatic heterocycles. The number of benzene rings is 1. The molecule has 2 bridgehead atoms. The average Bonchev–Trinajstić information content (AvgIpc) is 2.87. The predicted octanol–water partition coefficient (Wildman–Crippen LogP) is 4.84. The van der Waals surface area contributed by atoms with Crippen molar-refractivity contribution in [3.05, 3.63) is 46.5 Å². The molecule has 2 aliphatic carbocycles. The molecule has 0 aliphatic heterocycles. The van der Waals surface area contributed by atoms with Gasteiger partial charge in [0.25, 0.3) is 0 Å². The molecule has 0 spiro atoms. The minimum absolute atomic E-state index is 0.805. The number of hydrogen-bond acceptors (Lipinski definition) is 0. The number of rotatable bonds is 1. The molecule has 0 N–H and O–H groups in total. The standard InChI is InChI=1S/C17H22/c1-11(2)17-14-8-9-15(17)16(10-14)13-6-4-12(3)5-7-13/h4-7,14-16H,8-10H2,1-3H3/t14-,15+,16-/m1/s1. The van der Waals surface area contributed by atoms with Crippen LogP contribution < -0.4 is 0 Å². The van der Waals surface area contributed by atoms with Crippen molar-refractivity contribution in [2.24, 2.45) is 11.8 Å². The SMILES string of the molecule is CC(C)=C1[C@@H]2CC[C@H]1[C@@H](c1ccc(C)cc1)C2. The van der Waals surface area contributed by atoms with Crippen LogP contribution >= 0.6 is 0 Å². The van der Waals surface area contributed by atoms with E-state index in [4.69, 9.17) is 0 Å². The van der Waals surface area contributed by atoms with Crippen molar-refractivity contribution < 1.29 is 0 Å². The van der Waals surface area contributed by atoms with Crippen LogP contribution in [-0.2, 0) is 0 Å². The maximum Gasteiger partial charge on any atom is -0.00904 e. The summed E-state index contributed by atoms with van der Waals surface area (Å²) < 4.78 is 0. The number of fused-ring (bicyclic) bond motifs is 2. The zero-order chi connectivity index (χ0) is 12.0. The molecule has 0 saturated heterocycles. The van der Waals surface area contributed by atoms with Crippen LogP contribution in [0.2, 0.25) is 0 Å². The minimum atomic E-state index is 0.805. The summed E-state index contributed by atoms with van der Waals surface area (Å²) in [5, 5.41) is 0. The summed E-state index contributed by atoms with van der Waals surface area (Å²) in [6.07, 6.45) is 4.26. The Morgan fingerprint density at radius 2 is 1.71 bits per heavy atom. The molecule has 90 valence electrons. The first-order chi connectivity index (χ1) is 8.16. The molecule has 0 heteroatoms. The molecule has 0 unspecified atom stereocenters. The topological polar surface area (TPSA) is 0 Å². The second-order valence-electron chi connectivity index (χ2n) is 6.09.